The molecule has 3 rings (SSSR count). The summed E-state index contributed by atoms with van der Waals surface area (Å²) >= 11 is 0. The van der Waals surface area contributed by atoms with Crippen molar-refractivity contribution in [3.63, 3.8) is 0 Å². The molecule has 2 aliphatic heterocycles. The van der Waals surface area contributed by atoms with Gasteiger partial charge in [0.15, 0.2) is 17.2 Å². The van der Waals surface area contributed by atoms with E-state index < -0.39 is 0 Å². The summed E-state index contributed by atoms with van der Waals surface area (Å²) in [4.78, 5) is 14.4. The van der Waals surface area contributed by atoms with E-state index in [9.17, 15) is 4.79 Å². The third-order valence-corrected chi connectivity index (χ3v) is 5.06. The van der Waals surface area contributed by atoms with Crippen molar-refractivity contribution in [2.24, 2.45) is 10.2 Å². The van der Waals surface area contributed by atoms with Gasteiger partial charge >= 0.3 is 0 Å². The Hall–Kier alpha value is -2.59. The van der Waals surface area contributed by atoms with Gasteiger partial charge in [0, 0.05) is 38.9 Å². The fourth-order valence-corrected chi connectivity index (χ4v) is 3.41. The Bertz CT molecular complexity index is 763. The molecular formula is C20H26N4O3. The Morgan fingerprint density at radius 1 is 1.26 bits per heavy atom. The molecule has 1 amide bonds. The lowest BCUT2D eigenvalue weighted by molar-refractivity contribution is -0.122. The summed E-state index contributed by atoms with van der Waals surface area (Å²) in [5.41, 5.74) is 2.08. The molecule has 1 N–H and O–H groups in total. The van der Waals surface area contributed by atoms with Crippen LogP contribution >= 0.6 is 0 Å². The lowest BCUT2D eigenvalue weighted by Gasteiger charge is -2.29. The number of ether oxygens (including phenoxy) is 2. The first-order valence-electron chi connectivity index (χ1n) is 9.19. The third kappa shape index (κ3) is 4.77. The number of methoxy groups -OCH3 is 2. The molecule has 0 atom stereocenters. The minimum atomic E-state index is -0.348. The van der Waals surface area contributed by atoms with Crippen LogP contribution in [-0.2, 0) is 17.8 Å². The predicted molar refractivity (Wildman–Crippen MR) is 102 cm³/mol. The number of carbonyl (C=O) groups is 1. The number of hydrogen-bond donors (Lipinski definition) is 1. The van der Waals surface area contributed by atoms with Crippen molar-refractivity contribution in [2.75, 3.05) is 33.9 Å². The summed E-state index contributed by atoms with van der Waals surface area (Å²) in [5, 5.41) is 11.1. The van der Waals surface area contributed by atoms with Gasteiger partial charge in [0.1, 0.15) is 0 Å². The van der Waals surface area contributed by atoms with Crippen LogP contribution in [0.25, 0.3) is 0 Å². The minimum Gasteiger partial charge on any atom is -0.493 e. The van der Waals surface area contributed by atoms with Gasteiger partial charge < -0.3 is 14.8 Å². The number of nitrogens with zero attached hydrogens (tertiary/aromatic N) is 3. The Balaban J connectivity index is 1.47. The van der Waals surface area contributed by atoms with Gasteiger partial charge in [-0.15, -0.1) is 12.3 Å². The molecule has 0 spiro atoms. The number of terminal acetylenes is 1. The average Bonchev–Trinajstić information content (AvgIpc) is 3.45. The van der Waals surface area contributed by atoms with Crippen molar-refractivity contribution < 1.29 is 14.3 Å². The van der Waals surface area contributed by atoms with Gasteiger partial charge in [-0.3, -0.25) is 9.69 Å². The first kappa shape index (κ1) is 19.2. The maximum atomic E-state index is 12.3. The Labute approximate surface area is 160 Å². The Morgan fingerprint density at radius 2 is 1.96 bits per heavy atom. The van der Waals surface area contributed by atoms with Crippen LogP contribution in [0.4, 0.5) is 0 Å². The number of amides is 1. The van der Waals surface area contributed by atoms with Crippen molar-refractivity contribution in [3.8, 4) is 23.8 Å². The number of fused-ring (bicyclic) bond motifs is 1. The molecule has 0 saturated carbocycles. The number of carbonyl (C=O) groups excluding carboxylic acids is 1. The molecule has 0 saturated heterocycles. The van der Waals surface area contributed by atoms with Crippen LogP contribution in [0.15, 0.2) is 22.4 Å². The van der Waals surface area contributed by atoms with E-state index in [2.05, 4.69) is 26.4 Å². The molecule has 0 aromatic heterocycles. The molecule has 2 aliphatic rings. The average molecular weight is 370 g/mol. The fraction of sp³-hybridized carbons (Fsp3) is 0.550. The molecule has 0 bridgehead atoms. The highest BCUT2D eigenvalue weighted by Gasteiger charge is 2.38. The van der Waals surface area contributed by atoms with Crippen LogP contribution in [0.5, 0.6) is 11.5 Å². The Kier molecular flexibility index (Phi) is 5.97. The monoisotopic (exact) mass is 370 g/mol. The molecule has 1 aromatic carbocycles. The van der Waals surface area contributed by atoms with Gasteiger partial charge in [0.25, 0.3) is 0 Å². The number of hydrogen-bond acceptors (Lipinski definition) is 6. The van der Waals surface area contributed by atoms with Crippen LogP contribution in [0.1, 0.15) is 30.4 Å². The van der Waals surface area contributed by atoms with Crippen LogP contribution in [0.3, 0.4) is 0 Å². The van der Waals surface area contributed by atoms with Gasteiger partial charge in [-0.1, -0.05) is 0 Å². The first-order valence-corrected chi connectivity index (χ1v) is 9.19. The standard InChI is InChI=1S/C20H26N4O3/c1-4-5-7-20(22-23-20)8-9-21-19(25)14-24-10-6-15-11-17(26-2)18(27-3)12-16(15)13-24/h1,11-12H,5-10,13-14H2,2-3H3,(H,21,25). The predicted octanol–water partition coefficient (Wildman–Crippen LogP) is 2.14. The SMILES string of the molecule is C#CCCC1(CCNC(=O)CN2CCc3cc(OC)c(OC)cc3C2)N=N1. The van der Waals surface area contributed by atoms with Crippen LogP contribution < -0.4 is 14.8 Å². The first-order chi connectivity index (χ1) is 13.1. The molecule has 7 heteroatoms. The third-order valence-electron chi connectivity index (χ3n) is 5.06. The topological polar surface area (TPSA) is 75.5 Å². The van der Waals surface area contributed by atoms with E-state index in [1.54, 1.807) is 14.2 Å². The summed E-state index contributed by atoms with van der Waals surface area (Å²) in [6.45, 7) is 2.50. The van der Waals surface area contributed by atoms with Crippen LogP contribution in [-0.4, -0.2) is 50.3 Å². The quantitative estimate of drug-likeness (QED) is 0.676. The summed E-state index contributed by atoms with van der Waals surface area (Å²) in [6.07, 6.45) is 8.30. The van der Waals surface area contributed by atoms with Crippen LogP contribution in [0, 0.1) is 12.3 Å². The molecule has 0 aliphatic carbocycles. The van der Waals surface area contributed by atoms with Crippen molar-refractivity contribution in [1.82, 2.24) is 10.2 Å². The zero-order valence-electron chi connectivity index (χ0n) is 16.0. The molecule has 0 unspecified atom stereocenters. The largest absolute Gasteiger partial charge is 0.493 e. The van der Waals surface area contributed by atoms with E-state index in [1.165, 1.54) is 11.1 Å². The normalized spacial score (nSPS) is 16.9. The number of rotatable bonds is 9. The summed E-state index contributed by atoms with van der Waals surface area (Å²) < 4.78 is 10.8. The van der Waals surface area contributed by atoms with E-state index in [-0.39, 0.29) is 11.6 Å². The lowest BCUT2D eigenvalue weighted by Crippen LogP contribution is -2.40. The number of nitrogens with one attached hydrogen (secondary N) is 1. The van der Waals surface area contributed by atoms with E-state index in [4.69, 9.17) is 15.9 Å². The van der Waals surface area contributed by atoms with E-state index in [0.29, 0.717) is 25.9 Å². The second-order valence-electron chi connectivity index (χ2n) is 6.92. The lowest BCUT2D eigenvalue weighted by atomic mass is 9.99. The van der Waals surface area contributed by atoms with E-state index in [0.717, 1.165) is 37.4 Å². The zero-order chi connectivity index (χ0) is 19.3. The van der Waals surface area contributed by atoms with Crippen molar-refractivity contribution in [2.45, 2.75) is 37.9 Å². The van der Waals surface area contributed by atoms with Gasteiger partial charge in [0.2, 0.25) is 5.91 Å². The minimum absolute atomic E-state index is 0.0201. The Morgan fingerprint density at radius 3 is 2.59 bits per heavy atom. The van der Waals surface area contributed by atoms with E-state index >= 15 is 0 Å². The maximum absolute atomic E-state index is 12.3. The van der Waals surface area contributed by atoms with E-state index in [1.807, 2.05) is 12.1 Å². The molecule has 0 fully saturated rings. The second-order valence-corrected chi connectivity index (χ2v) is 6.92. The highest BCUT2D eigenvalue weighted by Crippen LogP contribution is 2.36. The van der Waals surface area contributed by atoms with Gasteiger partial charge in [-0.05, 0) is 29.7 Å². The van der Waals surface area contributed by atoms with Gasteiger partial charge in [0.05, 0.1) is 20.8 Å². The molecule has 144 valence electrons. The summed E-state index contributed by atoms with van der Waals surface area (Å²) in [5.74, 6) is 4.10. The molecule has 1 aromatic rings. The molecule has 7 nitrogen and oxygen atoms in total. The maximum Gasteiger partial charge on any atom is 0.234 e. The highest BCUT2D eigenvalue weighted by atomic mass is 16.5. The molecule has 2 heterocycles. The fourth-order valence-electron chi connectivity index (χ4n) is 3.41. The molecule has 27 heavy (non-hydrogen) atoms. The summed E-state index contributed by atoms with van der Waals surface area (Å²) in [6, 6.07) is 4.04. The number of benzene rings is 1. The van der Waals surface area contributed by atoms with Crippen molar-refractivity contribution in [1.29, 1.82) is 0 Å². The summed E-state index contributed by atoms with van der Waals surface area (Å²) in [7, 11) is 3.27. The smallest absolute Gasteiger partial charge is 0.234 e. The van der Waals surface area contributed by atoms with Crippen molar-refractivity contribution in [3.05, 3.63) is 23.3 Å². The zero-order valence-corrected chi connectivity index (χ0v) is 16.0. The molecular weight excluding hydrogens is 344 g/mol. The highest BCUT2D eigenvalue weighted by molar-refractivity contribution is 5.78. The second kappa shape index (κ2) is 8.40. The van der Waals surface area contributed by atoms with Gasteiger partial charge in [-0.2, -0.15) is 10.2 Å². The van der Waals surface area contributed by atoms with Gasteiger partial charge in [-0.25, -0.2) is 0 Å². The molecule has 0 radical (unpaired) electrons. The van der Waals surface area contributed by atoms with Crippen LogP contribution in [0.2, 0.25) is 0 Å². The van der Waals surface area contributed by atoms with Crippen molar-refractivity contribution >= 4 is 5.91 Å².